The third-order valence-electron chi connectivity index (χ3n) is 3.20. The van der Waals surface area contributed by atoms with Crippen molar-refractivity contribution in [2.24, 2.45) is 5.92 Å². The first kappa shape index (κ1) is 10.5. The summed E-state index contributed by atoms with van der Waals surface area (Å²) in [6.07, 6.45) is 5.98. The van der Waals surface area contributed by atoms with E-state index in [1.54, 1.807) is 11.3 Å². The Balaban J connectivity index is 2.25. The maximum Gasteiger partial charge on any atom is 0.104 e. The molecule has 1 aliphatic rings. The molecule has 0 fully saturated rings. The van der Waals surface area contributed by atoms with Crippen LogP contribution in [0.2, 0.25) is 0 Å². The molecule has 1 aromatic heterocycles. The number of nitrogens with two attached hydrogens (primary N) is 1. The van der Waals surface area contributed by atoms with Crippen LogP contribution < -0.4 is 5.73 Å². The van der Waals surface area contributed by atoms with Crippen molar-refractivity contribution < 1.29 is 0 Å². The molecule has 2 nitrogen and oxygen atoms in total. The highest BCUT2D eigenvalue weighted by Gasteiger charge is 2.24. The predicted molar refractivity (Wildman–Crippen MR) is 63.9 cm³/mol. The molecule has 0 saturated carbocycles. The lowest BCUT2D eigenvalue weighted by Gasteiger charge is -2.21. The van der Waals surface area contributed by atoms with Crippen molar-refractivity contribution in [3.8, 4) is 6.07 Å². The molecule has 15 heavy (non-hydrogen) atoms. The average Bonchev–Trinajstić information content (AvgIpc) is 2.53. The second-order valence-electron chi connectivity index (χ2n) is 4.25. The van der Waals surface area contributed by atoms with Gasteiger partial charge in [0.25, 0.3) is 0 Å². The van der Waals surface area contributed by atoms with Gasteiger partial charge in [0.1, 0.15) is 11.1 Å². The summed E-state index contributed by atoms with van der Waals surface area (Å²) in [6.45, 7) is 2.24. The van der Waals surface area contributed by atoms with Crippen molar-refractivity contribution in [3.05, 3.63) is 16.0 Å². The van der Waals surface area contributed by atoms with Crippen LogP contribution in [0.1, 0.15) is 42.2 Å². The second kappa shape index (κ2) is 4.24. The Hall–Kier alpha value is -1.01. The summed E-state index contributed by atoms with van der Waals surface area (Å²) in [4.78, 5) is 1.37. The first-order valence-electron chi connectivity index (χ1n) is 5.56. The predicted octanol–water partition coefficient (Wildman–Crippen LogP) is 3.11. The molecule has 3 heteroatoms. The number of anilines is 1. The Morgan fingerprint density at radius 2 is 2.40 bits per heavy atom. The highest BCUT2D eigenvalue weighted by atomic mass is 32.1. The van der Waals surface area contributed by atoms with Crippen LogP contribution in [0.4, 0.5) is 5.00 Å². The van der Waals surface area contributed by atoms with Crippen molar-refractivity contribution in [1.82, 2.24) is 0 Å². The van der Waals surface area contributed by atoms with Gasteiger partial charge in [-0.3, -0.25) is 0 Å². The van der Waals surface area contributed by atoms with E-state index in [-0.39, 0.29) is 0 Å². The fourth-order valence-electron chi connectivity index (χ4n) is 2.45. The van der Waals surface area contributed by atoms with Gasteiger partial charge < -0.3 is 5.73 Å². The Labute approximate surface area is 94.7 Å². The van der Waals surface area contributed by atoms with Gasteiger partial charge in [-0.15, -0.1) is 11.3 Å². The SMILES string of the molecule is CCC[C@@H]1CCc2c(sc(N)c2C#N)C1. The number of hydrogen-bond donors (Lipinski definition) is 1. The Morgan fingerprint density at radius 1 is 1.60 bits per heavy atom. The largest absolute Gasteiger partial charge is 0.389 e. The second-order valence-corrected chi connectivity index (χ2v) is 5.39. The van der Waals surface area contributed by atoms with Crippen LogP contribution in [0.15, 0.2) is 0 Å². The lowest BCUT2D eigenvalue weighted by molar-refractivity contribution is 0.427. The molecule has 0 unspecified atom stereocenters. The standard InChI is InChI=1S/C12H16N2S/c1-2-3-8-4-5-9-10(7-13)12(14)15-11(9)6-8/h8H,2-6,14H2,1H3/t8-/m1/s1. The molecule has 2 rings (SSSR count). The number of fused-ring (bicyclic) bond motifs is 1. The molecule has 1 aromatic rings. The third-order valence-corrected chi connectivity index (χ3v) is 4.29. The van der Waals surface area contributed by atoms with E-state index in [0.717, 1.165) is 29.3 Å². The number of nitriles is 1. The number of thiophene rings is 1. The van der Waals surface area contributed by atoms with Crippen LogP contribution in [0.25, 0.3) is 0 Å². The first-order chi connectivity index (χ1) is 7.26. The van der Waals surface area contributed by atoms with E-state index in [1.165, 1.54) is 29.7 Å². The normalized spacial score (nSPS) is 19.6. The summed E-state index contributed by atoms with van der Waals surface area (Å²) in [5.41, 5.74) is 7.84. The Bertz CT molecular complexity index is 400. The molecule has 2 N–H and O–H groups in total. The minimum Gasteiger partial charge on any atom is -0.389 e. The molecular formula is C12H16N2S. The van der Waals surface area contributed by atoms with Gasteiger partial charge in [0.2, 0.25) is 0 Å². The maximum absolute atomic E-state index is 9.01. The van der Waals surface area contributed by atoms with Gasteiger partial charge in [0.05, 0.1) is 5.56 Å². The monoisotopic (exact) mass is 220 g/mol. The summed E-state index contributed by atoms with van der Waals surface area (Å²) in [7, 11) is 0. The van der Waals surface area contributed by atoms with Crippen LogP contribution in [0.3, 0.4) is 0 Å². The number of nitrogens with zero attached hydrogens (tertiary/aromatic N) is 1. The molecule has 0 aliphatic heterocycles. The minimum absolute atomic E-state index is 0.722. The van der Waals surface area contributed by atoms with Gasteiger partial charge >= 0.3 is 0 Å². The van der Waals surface area contributed by atoms with E-state index >= 15 is 0 Å². The van der Waals surface area contributed by atoms with E-state index in [4.69, 9.17) is 11.0 Å². The van der Waals surface area contributed by atoms with Gasteiger partial charge in [0, 0.05) is 4.88 Å². The van der Waals surface area contributed by atoms with E-state index in [2.05, 4.69) is 13.0 Å². The molecule has 1 aliphatic carbocycles. The van der Waals surface area contributed by atoms with Gasteiger partial charge in [-0.25, -0.2) is 0 Å². The minimum atomic E-state index is 0.722. The Morgan fingerprint density at radius 3 is 3.07 bits per heavy atom. The number of hydrogen-bond acceptors (Lipinski definition) is 3. The first-order valence-corrected chi connectivity index (χ1v) is 6.38. The molecule has 0 bridgehead atoms. The van der Waals surface area contributed by atoms with Gasteiger partial charge in [-0.1, -0.05) is 19.8 Å². The fourth-order valence-corrected chi connectivity index (χ4v) is 3.64. The van der Waals surface area contributed by atoms with Crippen molar-refractivity contribution in [3.63, 3.8) is 0 Å². The van der Waals surface area contributed by atoms with Crippen LogP contribution in [0.5, 0.6) is 0 Å². The topological polar surface area (TPSA) is 49.8 Å². The van der Waals surface area contributed by atoms with Crippen LogP contribution >= 0.6 is 11.3 Å². The van der Waals surface area contributed by atoms with Crippen molar-refractivity contribution >= 4 is 16.3 Å². The van der Waals surface area contributed by atoms with E-state index in [0.29, 0.717) is 0 Å². The molecular weight excluding hydrogens is 204 g/mol. The summed E-state index contributed by atoms with van der Waals surface area (Å²) in [6, 6.07) is 2.24. The van der Waals surface area contributed by atoms with E-state index in [1.807, 2.05) is 0 Å². The molecule has 1 atom stereocenters. The average molecular weight is 220 g/mol. The zero-order valence-electron chi connectivity index (χ0n) is 9.05. The molecule has 1 heterocycles. The number of rotatable bonds is 2. The third kappa shape index (κ3) is 1.87. The maximum atomic E-state index is 9.01. The summed E-state index contributed by atoms with van der Waals surface area (Å²) in [5, 5.41) is 9.73. The smallest absolute Gasteiger partial charge is 0.104 e. The zero-order chi connectivity index (χ0) is 10.8. The van der Waals surface area contributed by atoms with Crippen LogP contribution in [-0.4, -0.2) is 0 Å². The van der Waals surface area contributed by atoms with Crippen LogP contribution in [-0.2, 0) is 12.8 Å². The summed E-state index contributed by atoms with van der Waals surface area (Å²) in [5.74, 6) is 0.812. The van der Waals surface area contributed by atoms with Crippen molar-refractivity contribution in [1.29, 1.82) is 5.26 Å². The van der Waals surface area contributed by atoms with E-state index < -0.39 is 0 Å². The molecule has 0 radical (unpaired) electrons. The zero-order valence-corrected chi connectivity index (χ0v) is 9.86. The van der Waals surface area contributed by atoms with Gasteiger partial charge in [0.15, 0.2) is 0 Å². The molecule has 0 saturated heterocycles. The molecule has 0 spiro atoms. The van der Waals surface area contributed by atoms with E-state index in [9.17, 15) is 0 Å². The molecule has 80 valence electrons. The highest BCUT2D eigenvalue weighted by molar-refractivity contribution is 7.16. The highest BCUT2D eigenvalue weighted by Crippen LogP contribution is 2.38. The lowest BCUT2D eigenvalue weighted by atomic mass is 9.85. The number of nitrogen functional groups attached to an aromatic ring is 1. The molecule has 0 amide bonds. The molecule has 0 aromatic carbocycles. The van der Waals surface area contributed by atoms with Gasteiger partial charge in [-0.2, -0.15) is 5.26 Å². The van der Waals surface area contributed by atoms with Crippen LogP contribution in [0, 0.1) is 17.2 Å². The van der Waals surface area contributed by atoms with Crippen molar-refractivity contribution in [2.75, 3.05) is 5.73 Å². The van der Waals surface area contributed by atoms with Crippen molar-refractivity contribution in [2.45, 2.75) is 39.0 Å². The Kier molecular flexibility index (Phi) is 2.97. The lowest BCUT2D eigenvalue weighted by Crippen LogP contribution is -2.12. The summed E-state index contributed by atoms with van der Waals surface area (Å²) < 4.78 is 0. The fraction of sp³-hybridized carbons (Fsp3) is 0.583. The quantitative estimate of drug-likeness (QED) is 0.832. The summed E-state index contributed by atoms with van der Waals surface area (Å²) >= 11 is 1.63. The van der Waals surface area contributed by atoms with Gasteiger partial charge in [-0.05, 0) is 30.7 Å².